The Morgan fingerprint density at radius 1 is 1.25 bits per heavy atom. The molecule has 1 atom stereocenters. The third-order valence-electron chi connectivity index (χ3n) is 4.31. The number of likely N-dealkylation sites (tertiary alicyclic amines) is 1. The third kappa shape index (κ3) is 3.38. The molecule has 1 aromatic heterocycles. The Morgan fingerprint density at radius 2 is 2.00 bits per heavy atom. The highest BCUT2D eigenvalue weighted by Crippen LogP contribution is 2.23. The van der Waals surface area contributed by atoms with Crippen LogP contribution in [0.4, 0.5) is 4.39 Å². The van der Waals surface area contributed by atoms with Gasteiger partial charge in [0.1, 0.15) is 17.8 Å². The van der Waals surface area contributed by atoms with E-state index >= 15 is 0 Å². The molecule has 1 fully saturated rings. The minimum absolute atomic E-state index is 0.0534. The molecule has 0 spiro atoms. The van der Waals surface area contributed by atoms with Crippen LogP contribution >= 0.6 is 0 Å². The van der Waals surface area contributed by atoms with E-state index in [2.05, 4.69) is 0 Å². The Labute approximate surface area is 139 Å². The summed E-state index contributed by atoms with van der Waals surface area (Å²) in [5.74, 6) is -0.302. The van der Waals surface area contributed by atoms with Crippen molar-refractivity contribution in [3.8, 4) is 0 Å². The highest BCUT2D eigenvalue weighted by Gasteiger charge is 2.30. The topological polar surface area (TPSA) is 76.5 Å². The number of hydrogen-bond donors (Lipinski definition) is 1. The number of rotatable bonds is 4. The van der Waals surface area contributed by atoms with Gasteiger partial charge in [0.2, 0.25) is 0 Å². The Balaban J connectivity index is 1.70. The van der Waals surface area contributed by atoms with E-state index in [4.69, 9.17) is 10.2 Å². The van der Waals surface area contributed by atoms with Crippen LogP contribution in [0.15, 0.2) is 41.0 Å². The largest absolute Gasteiger partial charge is 0.467 e. The van der Waals surface area contributed by atoms with Crippen molar-refractivity contribution in [3.63, 3.8) is 0 Å². The number of benzene rings is 1. The fourth-order valence-corrected chi connectivity index (χ4v) is 3.01. The van der Waals surface area contributed by atoms with Crippen molar-refractivity contribution in [2.24, 2.45) is 11.7 Å². The van der Waals surface area contributed by atoms with Crippen LogP contribution in [-0.2, 0) is 6.54 Å². The van der Waals surface area contributed by atoms with E-state index in [1.807, 2.05) is 0 Å². The summed E-state index contributed by atoms with van der Waals surface area (Å²) in [6.45, 7) is 1.20. The zero-order chi connectivity index (χ0) is 17.1. The average Bonchev–Trinajstić information content (AvgIpc) is 3.10. The molecule has 0 aliphatic carbocycles. The molecule has 2 heterocycles. The van der Waals surface area contributed by atoms with Gasteiger partial charge < -0.3 is 15.1 Å². The minimum Gasteiger partial charge on any atom is -0.467 e. The van der Waals surface area contributed by atoms with E-state index in [1.54, 1.807) is 11.0 Å². The first-order chi connectivity index (χ1) is 11.6. The summed E-state index contributed by atoms with van der Waals surface area (Å²) >= 11 is 0. The van der Waals surface area contributed by atoms with Gasteiger partial charge in [0.05, 0.1) is 12.1 Å². The van der Waals surface area contributed by atoms with Gasteiger partial charge in [-0.3, -0.25) is 9.59 Å². The Kier molecular flexibility index (Phi) is 4.76. The van der Waals surface area contributed by atoms with E-state index in [0.29, 0.717) is 30.0 Å². The molecule has 0 radical (unpaired) electrons. The van der Waals surface area contributed by atoms with Crippen molar-refractivity contribution in [1.82, 2.24) is 4.90 Å². The van der Waals surface area contributed by atoms with Crippen molar-refractivity contribution in [2.75, 3.05) is 13.1 Å². The molecule has 24 heavy (non-hydrogen) atoms. The molecule has 1 aliphatic heterocycles. The summed E-state index contributed by atoms with van der Waals surface area (Å²) in [6, 6.07) is 7.16. The lowest BCUT2D eigenvalue weighted by molar-refractivity contribution is 0.0636. The van der Waals surface area contributed by atoms with Crippen LogP contribution in [0.1, 0.15) is 39.3 Å². The number of carbonyl (C=O) groups is 2. The standard InChI is InChI=1S/C18H19FN2O3/c19-15-5-3-12(4-6-15)17(22)13-2-1-7-21(10-13)18(23)14-8-16(9-20)24-11-14/h3-6,8,11,13H,1-2,7,9-10,20H2. The summed E-state index contributed by atoms with van der Waals surface area (Å²) in [7, 11) is 0. The Bertz CT molecular complexity index is 739. The van der Waals surface area contributed by atoms with Gasteiger partial charge in [0.15, 0.2) is 5.78 Å². The van der Waals surface area contributed by atoms with Gasteiger partial charge in [-0.25, -0.2) is 4.39 Å². The number of halogens is 1. The number of carbonyl (C=O) groups excluding carboxylic acids is 2. The SMILES string of the molecule is NCc1cc(C(=O)N2CCCC(C(=O)c3ccc(F)cc3)C2)co1. The molecule has 3 rings (SSSR count). The maximum Gasteiger partial charge on any atom is 0.257 e. The second-order valence-corrected chi connectivity index (χ2v) is 5.97. The van der Waals surface area contributed by atoms with E-state index < -0.39 is 0 Å². The van der Waals surface area contributed by atoms with Crippen molar-refractivity contribution >= 4 is 11.7 Å². The van der Waals surface area contributed by atoms with Crippen molar-refractivity contribution in [1.29, 1.82) is 0 Å². The van der Waals surface area contributed by atoms with E-state index in [1.165, 1.54) is 30.5 Å². The highest BCUT2D eigenvalue weighted by atomic mass is 19.1. The highest BCUT2D eigenvalue weighted by molar-refractivity contribution is 5.99. The summed E-state index contributed by atoms with van der Waals surface area (Å²) in [5, 5.41) is 0. The average molecular weight is 330 g/mol. The number of ketones is 1. The second kappa shape index (κ2) is 6.97. The van der Waals surface area contributed by atoms with Crippen LogP contribution in [0.5, 0.6) is 0 Å². The van der Waals surface area contributed by atoms with Gasteiger partial charge in [-0.2, -0.15) is 0 Å². The van der Waals surface area contributed by atoms with Gasteiger partial charge in [-0.15, -0.1) is 0 Å². The smallest absolute Gasteiger partial charge is 0.257 e. The summed E-state index contributed by atoms with van der Waals surface area (Å²) in [5.41, 5.74) is 6.41. The normalized spacial score (nSPS) is 17.8. The van der Waals surface area contributed by atoms with Gasteiger partial charge in [0.25, 0.3) is 5.91 Å². The fourth-order valence-electron chi connectivity index (χ4n) is 3.01. The van der Waals surface area contributed by atoms with Crippen LogP contribution < -0.4 is 5.73 Å². The maximum absolute atomic E-state index is 13.0. The lowest BCUT2D eigenvalue weighted by Gasteiger charge is -2.31. The molecular formula is C18H19FN2O3. The zero-order valence-electron chi connectivity index (χ0n) is 13.2. The predicted octanol–water partition coefficient (Wildman–Crippen LogP) is 2.61. The maximum atomic E-state index is 13.0. The van der Waals surface area contributed by atoms with Gasteiger partial charge in [0, 0.05) is 24.6 Å². The number of piperidine rings is 1. The number of nitrogens with zero attached hydrogens (tertiary/aromatic N) is 1. The van der Waals surface area contributed by atoms with E-state index in [-0.39, 0.29) is 30.0 Å². The molecule has 1 aromatic carbocycles. The van der Waals surface area contributed by atoms with Crippen LogP contribution in [0.2, 0.25) is 0 Å². The lowest BCUT2D eigenvalue weighted by atomic mass is 9.90. The van der Waals surface area contributed by atoms with Gasteiger partial charge in [-0.1, -0.05) is 0 Å². The molecule has 2 N–H and O–H groups in total. The molecular weight excluding hydrogens is 311 g/mol. The Morgan fingerprint density at radius 3 is 2.67 bits per heavy atom. The molecule has 1 unspecified atom stereocenters. The third-order valence-corrected chi connectivity index (χ3v) is 4.31. The van der Waals surface area contributed by atoms with Crippen molar-refractivity contribution in [2.45, 2.75) is 19.4 Å². The number of Topliss-reactive ketones (excluding diaryl/α,β-unsaturated/α-hetero) is 1. The quantitative estimate of drug-likeness (QED) is 0.874. The first-order valence-corrected chi connectivity index (χ1v) is 7.95. The molecule has 1 aliphatic rings. The summed E-state index contributed by atoms with van der Waals surface area (Å²) < 4.78 is 18.2. The van der Waals surface area contributed by atoms with E-state index in [0.717, 1.165) is 12.8 Å². The predicted molar refractivity (Wildman–Crippen MR) is 86.0 cm³/mol. The fraction of sp³-hybridized carbons (Fsp3) is 0.333. The minimum atomic E-state index is -0.373. The number of hydrogen-bond acceptors (Lipinski definition) is 4. The van der Waals surface area contributed by atoms with Crippen LogP contribution in [0.3, 0.4) is 0 Å². The first-order valence-electron chi connectivity index (χ1n) is 7.95. The number of nitrogens with two attached hydrogens (primary N) is 1. The summed E-state index contributed by atoms with van der Waals surface area (Å²) in [4.78, 5) is 26.8. The molecule has 2 aromatic rings. The summed E-state index contributed by atoms with van der Waals surface area (Å²) in [6.07, 6.45) is 2.88. The van der Waals surface area contributed by atoms with E-state index in [9.17, 15) is 14.0 Å². The zero-order valence-corrected chi connectivity index (χ0v) is 13.2. The van der Waals surface area contributed by atoms with Gasteiger partial charge >= 0.3 is 0 Å². The van der Waals surface area contributed by atoms with Crippen molar-refractivity contribution < 1.29 is 18.4 Å². The molecule has 5 nitrogen and oxygen atoms in total. The monoisotopic (exact) mass is 330 g/mol. The van der Waals surface area contributed by atoms with Crippen LogP contribution in [-0.4, -0.2) is 29.7 Å². The molecule has 0 bridgehead atoms. The molecule has 1 amide bonds. The second-order valence-electron chi connectivity index (χ2n) is 5.97. The lowest BCUT2D eigenvalue weighted by Crippen LogP contribution is -2.42. The van der Waals surface area contributed by atoms with Gasteiger partial charge in [-0.05, 0) is 43.2 Å². The van der Waals surface area contributed by atoms with Crippen LogP contribution in [0, 0.1) is 11.7 Å². The first kappa shape index (κ1) is 16.4. The number of furan rings is 1. The van der Waals surface area contributed by atoms with Crippen LogP contribution in [0.25, 0.3) is 0 Å². The number of amides is 1. The molecule has 1 saturated heterocycles. The Hall–Kier alpha value is -2.47. The van der Waals surface area contributed by atoms with Crippen molar-refractivity contribution in [3.05, 3.63) is 59.3 Å². The molecule has 126 valence electrons. The molecule has 6 heteroatoms. The molecule has 0 saturated carbocycles.